The average molecular weight is 320 g/mol. The van der Waals surface area contributed by atoms with Crippen molar-refractivity contribution >= 4 is 17.5 Å². The summed E-state index contributed by atoms with van der Waals surface area (Å²) < 4.78 is 1.70. The number of hydrogen-bond acceptors (Lipinski definition) is 2. The van der Waals surface area contributed by atoms with Gasteiger partial charge < -0.3 is 5.32 Å². The molecule has 0 aliphatic carbocycles. The topological polar surface area (TPSA) is 46.9 Å². The van der Waals surface area contributed by atoms with Gasteiger partial charge in [-0.3, -0.25) is 9.48 Å². The predicted molar refractivity (Wildman–Crippen MR) is 89.1 cm³/mol. The van der Waals surface area contributed by atoms with E-state index in [-0.39, 0.29) is 11.9 Å². The van der Waals surface area contributed by atoms with Gasteiger partial charge in [-0.05, 0) is 25.3 Å². The molecule has 0 fully saturated rings. The maximum Gasteiger partial charge on any atom is 0.256 e. The zero-order valence-electron chi connectivity index (χ0n) is 13.4. The van der Waals surface area contributed by atoms with Crippen molar-refractivity contribution in [1.29, 1.82) is 0 Å². The van der Waals surface area contributed by atoms with Crippen LogP contribution >= 0.6 is 11.6 Å². The summed E-state index contributed by atoms with van der Waals surface area (Å²) in [7, 11) is 0. The number of carbonyl (C=O) groups is 1. The summed E-state index contributed by atoms with van der Waals surface area (Å²) in [5.41, 5.74) is 2.17. The lowest BCUT2D eigenvalue weighted by Gasteiger charge is -2.14. The van der Waals surface area contributed by atoms with E-state index < -0.39 is 0 Å². The van der Waals surface area contributed by atoms with Crippen molar-refractivity contribution in [3.05, 3.63) is 52.3 Å². The lowest BCUT2D eigenvalue weighted by Crippen LogP contribution is -2.27. The van der Waals surface area contributed by atoms with E-state index in [4.69, 9.17) is 11.6 Å². The average Bonchev–Trinajstić information content (AvgIpc) is 2.73. The number of nitrogens with one attached hydrogen (secondary N) is 1. The third-order valence-electron chi connectivity index (χ3n) is 3.48. The van der Waals surface area contributed by atoms with Crippen molar-refractivity contribution < 1.29 is 4.79 Å². The van der Waals surface area contributed by atoms with Crippen LogP contribution in [-0.4, -0.2) is 15.7 Å². The molecule has 1 amide bonds. The molecule has 2 rings (SSSR count). The Labute approximate surface area is 136 Å². The van der Waals surface area contributed by atoms with Crippen LogP contribution in [0.5, 0.6) is 0 Å². The summed E-state index contributed by atoms with van der Waals surface area (Å²) in [5, 5.41) is 7.77. The number of aryl methyl sites for hydroxylation is 1. The molecule has 0 aliphatic rings. The Morgan fingerprint density at radius 3 is 2.50 bits per heavy atom. The van der Waals surface area contributed by atoms with Crippen molar-refractivity contribution in [2.75, 3.05) is 0 Å². The fourth-order valence-electron chi connectivity index (χ4n) is 2.37. The highest BCUT2D eigenvalue weighted by Crippen LogP contribution is 2.22. The van der Waals surface area contributed by atoms with Crippen LogP contribution in [0.25, 0.3) is 0 Å². The first-order valence-electron chi connectivity index (χ1n) is 7.48. The normalized spacial score (nSPS) is 12.5. The Morgan fingerprint density at radius 2 is 1.91 bits per heavy atom. The van der Waals surface area contributed by atoms with Gasteiger partial charge in [0.05, 0.1) is 17.3 Å². The van der Waals surface area contributed by atoms with Gasteiger partial charge in [-0.15, -0.1) is 0 Å². The fourth-order valence-corrected chi connectivity index (χ4v) is 2.70. The van der Waals surface area contributed by atoms with E-state index in [9.17, 15) is 4.79 Å². The van der Waals surface area contributed by atoms with Crippen LogP contribution in [0.2, 0.25) is 5.15 Å². The molecule has 22 heavy (non-hydrogen) atoms. The van der Waals surface area contributed by atoms with Gasteiger partial charge in [0.1, 0.15) is 5.15 Å². The van der Waals surface area contributed by atoms with Crippen molar-refractivity contribution in [1.82, 2.24) is 15.1 Å². The van der Waals surface area contributed by atoms with E-state index in [2.05, 4.69) is 24.3 Å². The van der Waals surface area contributed by atoms with Gasteiger partial charge in [0, 0.05) is 6.54 Å². The standard InChI is InChI=1S/C17H22ClN3O/c1-11(2)10-21-16(18)15(13(4)20-21)17(22)19-12(3)14-8-6-5-7-9-14/h5-9,11-12H,10H2,1-4H3,(H,19,22). The predicted octanol–water partition coefficient (Wildman–Crippen LogP) is 3.99. The van der Waals surface area contributed by atoms with Crippen LogP contribution in [0.15, 0.2) is 30.3 Å². The molecule has 0 spiro atoms. The zero-order chi connectivity index (χ0) is 16.3. The highest BCUT2D eigenvalue weighted by atomic mass is 35.5. The molecular formula is C17H22ClN3O. The smallest absolute Gasteiger partial charge is 0.256 e. The van der Waals surface area contributed by atoms with Crippen LogP contribution in [-0.2, 0) is 6.54 Å². The minimum Gasteiger partial charge on any atom is -0.345 e. The third kappa shape index (κ3) is 3.69. The number of halogens is 1. The largest absolute Gasteiger partial charge is 0.345 e. The molecule has 5 heteroatoms. The van der Waals surface area contributed by atoms with Gasteiger partial charge in [-0.25, -0.2) is 0 Å². The molecule has 1 heterocycles. The molecule has 0 bridgehead atoms. The molecular weight excluding hydrogens is 298 g/mol. The summed E-state index contributed by atoms with van der Waals surface area (Å²) >= 11 is 6.34. The first-order chi connectivity index (χ1) is 10.4. The van der Waals surface area contributed by atoms with Crippen LogP contribution in [0.3, 0.4) is 0 Å². The van der Waals surface area contributed by atoms with E-state index in [1.807, 2.05) is 44.2 Å². The Hall–Kier alpha value is -1.81. The minimum absolute atomic E-state index is 0.0855. The minimum atomic E-state index is -0.186. The lowest BCUT2D eigenvalue weighted by atomic mass is 10.1. The number of nitrogens with zero attached hydrogens (tertiary/aromatic N) is 2. The first-order valence-corrected chi connectivity index (χ1v) is 7.86. The maximum absolute atomic E-state index is 12.5. The second-order valence-electron chi connectivity index (χ2n) is 5.93. The van der Waals surface area contributed by atoms with E-state index in [0.717, 1.165) is 5.56 Å². The van der Waals surface area contributed by atoms with Crippen molar-refractivity contribution in [3.8, 4) is 0 Å². The van der Waals surface area contributed by atoms with Gasteiger partial charge in [0.2, 0.25) is 0 Å². The molecule has 4 nitrogen and oxygen atoms in total. The van der Waals surface area contributed by atoms with Crippen LogP contribution < -0.4 is 5.32 Å². The second kappa shape index (κ2) is 6.97. The Kier molecular flexibility index (Phi) is 5.24. The summed E-state index contributed by atoms with van der Waals surface area (Å²) in [6.45, 7) is 8.64. The van der Waals surface area contributed by atoms with Crippen LogP contribution in [0, 0.1) is 12.8 Å². The third-order valence-corrected chi connectivity index (χ3v) is 3.86. The summed E-state index contributed by atoms with van der Waals surface area (Å²) in [5.74, 6) is 0.227. The van der Waals surface area contributed by atoms with Crippen molar-refractivity contribution in [3.63, 3.8) is 0 Å². The zero-order valence-corrected chi connectivity index (χ0v) is 14.2. The number of benzene rings is 1. The molecule has 1 unspecified atom stereocenters. The molecule has 2 aromatic rings. The Balaban J connectivity index is 2.18. The molecule has 1 aromatic heterocycles. The van der Waals surface area contributed by atoms with Crippen LogP contribution in [0.4, 0.5) is 0 Å². The summed E-state index contributed by atoms with van der Waals surface area (Å²) in [4.78, 5) is 12.5. The summed E-state index contributed by atoms with van der Waals surface area (Å²) in [6.07, 6.45) is 0. The van der Waals surface area contributed by atoms with Gasteiger partial charge >= 0.3 is 0 Å². The SMILES string of the molecule is Cc1nn(CC(C)C)c(Cl)c1C(=O)NC(C)c1ccccc1. The Morgan fingerprint density at radius 1 is 1.27 bits per heavy atom. The number of hydrogen-bond donors (Lipinski definition) is 1. The van der Waals surface area contributed by atoms with Gasteiger partial charge in [0.25, 0.3) is 5.91 Å². The molecule has 1 aromatic carbocycles. The molecule has 0 saturated carbocycles. The monoisotopic (exact) mass is 319 g/mol. The molecule has 1 N–H and O–H groups in total. The van der Waals surface area contributed by atoms with E-state index in [1.54, 1.807) is 4.68 Å². The molecule has 0 aliphatic heterocycles. The molecule has 118 valence electrons. The van der Waals surface area contributed by atoms with Gasteiger partial charge in [-0.2, -0.15) is 5.10 Å². The molecule has 0 radical (unpaired) electrons. The number of carbonyl (C=O) groups excluding carboxylic acids is 1. The van der Waals surface area contributed by atoms with Gasteiger partial charge in [-0.1, -0.05) is 55.8 Å². The van der Waals surface area contributed by atoms with E-state index >= 15 is 0 Å². The highest BCUT2D eigenvalue weighted by Gasteiger charge is 2.22. The van der Waals surface area contributed by atoms with Crippen molar-refractivity contribution in [2.45, 2.75) is 40.3 Å². The number of amides is 1. The van der Waals surface area contributed by atoms with E-state index in [1.165, 1.54) is 0 Å². The first kappa shape index (κ1) is 16.6. The number of aromatic nitrogens is 2. The highest BCUT2D eigenvalue weighted by molar-refractivity contribution is 6.33. The number of rotatable bonds is 5. The van der Waals surface area contributed by atoms with E-state index in [0.29, 0.717) is 28.9 Å². The van der Waals surface area contributed by atoms with Gasteiger partial charge in [0.15, 0.2) is 0 Å². The van der Waals surface area contributed by atoms with Crippen LogP contribution in [0.1, 0.15) is 48.4 Å². The molecule has 0 saturated heterocycles. The molecule has 1 atom stereocenters. The lowest BCUT2D eigenvalue weighted by molar-refractivity contribution is 0.0939. The second-order valence-corrected chi connectivity index (χ2v) is 6.29. The Bertz CT molecular complexity index is 649. The maximum atomic E-state index is 12.5. The summed E-state index contributed by atoms with van der Waals surface area (Å²) in [6, 6.07) is 9.75. The fraction of sp³-hybridized carbons (Fsp3) is 0.412. The van der Waals surface area contributed by atoms with Crippen molar-refractivity contribution in [2.24, 2.45) is 5.92 Å². The quantitative estimate of drug-likeness (QED) is 0.905.